The van der Waals surface area contributed by atoms with Crippen molar-refractivity contribution in [1.82, 2.24) is 0 Å². The van der Waals surface area contributed by atoms with Crippen molar-refractivity contribution in [2.75, 3.05) is 0 Å². The summed E-state index contributed by atoms with van der Waals surface area (Å²) < 4.78 is 4.60. The van der Waals surface area contributed by atoms with Gasteiger partial charge in [0.15, 0.2) is 0 Å². The molecule has 0 saturated carbocycles. The molecule has 0 heterocycles. The fraction of sp³-hybridized carbons (Fsp3) is 0.200. The Labute approximate surface area is 110 Å². The summed E-state index contributed by atoms with van der Waals surface area (Å²) in [5.41, 5.74) is 0.320. The summed E-state index contributed by atoms with van der Waals surface area (Å²) in [6.07, 6.45) is -1.23. The van der Waals surface area contributed by atoms with Gasteiger partial charge in [-0.1, -0.05) is 18.2 Å². The number of carbonyl (C=O) groups excluding carboxylic acids is 2. The van der Waals surface area contributed by atoms with Gasteiger partial charge in [-0.15, -0.1) is 0 Å². The molecule has 0 aliphatic rings. The van der Waals surface area contributed by atoms with E-state index >= 15 is 0 Å². The first-order chi connectivity index (χ1) is 6.61. The van der Waals surface area contributed by atoms with Gasteiger partial charge in [-0.25, -0.2) is 4.79 Å². The van der Waals surface area contributed by atoms with Crippen LogP contribution in [0.4, 0.5) is 0 Å². The molecule has 0 bridgehead atoms. The van der Waals surface area contributed by atoms with Crippen molar-refractivity contribution in [3.8, 4) is 0 Å². The van der Waals surface area contributed by atoms with Crippen molar-refractivity contribution in [3.05, 3.63) is 35.9 Å². The Morgan fingerprint density at radius 3 is 2.27 bits per heavy atom. The molecule has 0 aliphatic carbocycles. The van der Waals surface area contributed by atoms with Gasteiger partial charge in [0, 0.05) is 0 Å². The third-order valence-corrected chi connectivity index (χ3v) is 1.63. The van der Waals surface area contributed by atoms with Crippen molar-refractivity contribution < 1.29 is 49.0 Å². The summed E-state index contributed by atoms with van der Waals surface area (Å²) in [5, 5.41) is 10.3. The van der Waals surface area contributed by atoms with Crippen LogP contribution in [0.25, 0.3) is 0 Å². The van der Waals surface area contributed by atoms with Crippen LogP contribution in [-0.2, 0) is 9.53 Å². The summed E-state index contributed by atoms with van der Waals surface area (Å²) >= 11 is 0. The summed E-state index contributed by atoms with van der Waals surface area (Å²) in [7, 11) is 0. The predicted octanol–water partition coefficient (Wildman–Crippen LogP) is -3.01. The quantitative estimate of drug-likeness (QED) is 0.398. The van der Waals surface area contributed by atoms with Crippen LogP contribution >= 0.6 is 0 Å². The number of carbonyl (C=O) groups is 2. The van der Waals surface area contributed by atoms with Gasteiger partial charge in [-0.05, 0) is 19.1 Å². The maximum Gasteiger partial charge on any atom is 1.00 e. The van der Waals surface area contributed by atoms with E-state index in [0.29, 0.717) is 5.56 Å². The van der Waals surface area contributed by atoms with E-state index in [9.17, 15) is 14.7 Å². The molecule has 1 rings (SSSR count). The number of benzene rings is 1. The van der Waals surface area contributed by atoms with E-state index < -0.39 is 18.0 Å². The average Bonchev–Trinajstić information content (AvgIpc) is 2.19. The van der Waals surface area contributed by atoms with Crippen LogP contribution in [0, 0.1) is 0 Å². The third-order valence-electron chi connectivity index (χ3n) is 1.63. The van der Waals surface area contributed by atoms with E-state index in [1.54, 1.807) is 30.3 Å². The van der Waals surface area contributed by atoms with Crippen LogP contribution in [0.5, 0.6) is 0 Å². The monoisotopic (exact) mass is 216 g/mol. The summed E-state index contributed by atoms with van der Waals surface area (Å²) in [5.74, 6) is -2.07. The summed E-state index contributed by atoms with van der Waals surface area (Å²) in [4.78, 5) is 21.5. The van der Waals surface area contributed by atoms with Crippen LogP contribution in [0.15, 0.2) is 30.3 Å². The smallest absolute Gasteiger partial charge is 0.546 e. The minimum absolute atomic E-state index is 0. The van der Waals surface area contributed by atoms with Crippen molar-refractivity contribution in [2.24, 2.45) is 0 Å². The van der Waals surface area contributed by atoms with Gasteiger partial charge in [0.2, 0.25) is 0 Å². The first-order valence-electron chi connectivity index (χ1n) is 4.08. The first-order valence-corrected chi connectivity index (χ1v) is 4.08. The second-order valence-electron chi connectivity index (χ2n) is 2.73. The predicted molar refractivity (Wildman–Crippen MR) is 46.3 cm³/mol. The Morgan fingerprint density at radius 2 is 1.80 bits per heavy atom. The minimum atomic E-state index is -1.41. The second kappa shape index (κ2) is 6.61. The summed E-state index contributed by atoms with van der Waals surface area (Å²) in [6, 6.07) is 8.17. The van der Waals surface area contributed by atoms with Crippen molar-refractivity contribution in [3.63, 3.8) is 0 Å². The number of carboxylic acids is 1. The van der Waals surface area contributed by atoms with Crippen LogP contribution in [0.2, 0.25) is 0 Å². The van der Waals surface area contributed by atoms with Crippen LogP contribution in [0.1, 0.15) is 17.3 Å². The summed E-state index contributed by atoms with van der Waals surface area (Å²) in [6.45, 7) is 1.25. The molecule has 0 aliphatic heterocycles. The molecule has 15 heavy (non-hydrogen) atoms. The van der Waals surface area contributed by atoms with Crippen molar-refractivity contribution in [2.45, 2.75) is 13.0 Å². The molecule has 0 spiro atoms. The standard InChI is InChI=1S/C10H10O4.Na/c1-7(9(11)12)14-10(13)8-5-3-2-4-6-8;/h2-7H,1H3,(H,11,12);/q;+1/p-1. The first kappa shape index (κ1) is 14.2. The van der Waals surface area contributed by atoms with E-state index in [4.69, 9.17) is 0 Å². The largest absolute Gasteiger partial charge is 1.00 e. The zero-order valence-electron chi connectivity index (χ0n) is 8.60. The third kappa shape index (κ3) is 4.46. The fourth-order valence-corrected chi connectivity index (χ4v) is 0.851. The number of hydrogen-bond acceptors (Lipinski definition) is 4. The van der Waals surface area contributed by atoms with Crippen LogP contribution in [-0.4, -0.2) is 18.0 Å². The van der Waals surface area contributed by atoms with Crippen molar-refractivity contribution in [1.29, 1.82) is 0 Å². The molecule has 1 atom stereocenters. The number of rotatable bonds is 3. The second-order valence-corrected chi connectivity index (χ2v) is 2.73. The molecule has 1 aromatic carbocycles. The minimum Gasteiger partial charge on any atom is -0.546 e. The topological polar surface area (TPSA) is 66.4 Å². The zero-order valence-corrected chi connectivity index (χ0v) is 10.6. The Kier molecular flexibility index (Phi) is 6.24. The van der Waals surface area contributed by atoms with Crippen molar-refractivity contribution >= 4 is 11.9 Å². The number of ether oxygens (including phenoxy) is 1. The molecule has 74 valence electrons. The Morgan fingerprint density at radius 1 is 1.27 bits per heavy atom. The number of carboxylic acid groups (broad SMARTS) is 1. The maximum absolute atomic E-state index is 11.2. The molecule has 0 fully saturated rings. The number of hydrogen-bond donors (Lipinski definition) is 0. The van der Waals surface area contributed by atoms with Gasteiger partial charge >= 0.3 is 35.5 Å². The van der Waals surface area contributed by atoms with Gasteiger partial charge in [0.05, 0.1) is 11.5 Å². The molecule has 0 radical (unpaired) electrons. The normalized spacial score (nSPS) is 11.0. The molecule has 1 unspecified atom stereocenters. The van der Waals surface area contributed by atoms with Gasteiger partial charge in [0.1, 0.15) is 6.10 Å². The number of aliphatic carboxylic acids is 1. The van der Waals surface area contributed by atoms with Gasteiger partial charge in [-0.3, -0.25) is 0 Å². The van der Waals surface area contributed by atoms with Crippen LogP contribution in [0.3, 0.4) is 0 Å². The Hall–Kier alpha value is -0.840. The zero-order chi connectivity index (χ0) is 10.6. The van der Waals surface area contributed by atoms with E-state index in [0.717, 1.165) is 0 Å². The van der Waals surface area contributed by atoms with Gasteiger partial charge in [0.25, 0.3) is 0 Å². The van der Waals surface area contributed by atoms with E-state index in [1.807, 2.05) is 0 Å². The number of esters is 1. The molecular formula is C10H9NaO4. The van der Waals surface area contributed by atoms with E-state index in [1.165, 1.54) is 6.92 Å². The van der Waals surface area contributed by atoms with E-state index in [-0.39, 0.29) is 29.6 Å². The van der Waals surface area contributed by atoms with Crippen LogP contribution < -0.4 is 34.7 Å². The SMILES string of the molecule is CC(OC(=O)c1ccccc1)C(=O)[O-].[Na+]. The molecule has 0 aromatic heterocycles. The average molecular weight is 216 g/mol. The molecule has 5 heteroatoms. The molecule has 1 aromatic rings. The molecule has 0 saturated heterocycles. The Bertz CT molecular complexity index is 337. The molecular weight excluding hydrogens is 207 g/mol. The Balaban J connectivity index is 0.00000196. The van der Waals surface area contributed by atoms with Gasteiger partial charge in [-0.2, -0.15) is 0 Å². The molecule has 0 N–H and O–H groups in total. The maximum atomic E-state index is 11.2. The molecule has 4 nitrogen and oxygen atoms in total. The molecule has 0 amide bonds. The van der Waals surface area contributed by atoms with Gasteiger partial charge < -0.3 is 14.6 Å². The fourth-order valence-electron chi connectivity index (χ4n) is 0.851. The van der Waals surface area contributed by atoms with E-state index in [2.05, 4.69) is 4.74 Å².